The minimum Gasteiger partial charge on any atom is -0.309 e. The van der Waals surface area contributed by atoms with Crippen LogP contribution in [0.15, 0.2) is 6.07 Å². The lowest BCUT2D eigenvalue weighted by molar-refractivity contribution is 0.578. The van der Waals surface area contributed by atoms with Crippen LogP contribution in [0.1, 0.15) is 50.2 Å². The minimum absolute atomic E-state index is 0.434. The predicted molar refractivity (Wildman–Crippen MR) is 90.5 cm³/mol. The van der Waals surface area contributed by atoms with E-state index in [0.29, 0.717) is 16.5 Å². The number of nitrogens with one attached hydrogen (secondary N) is 1. The molecule has 0 aromatic carbocycles. The van der Waals surface area contributed by atoms with Crippen molar-refractivity contribution in [3.63, 3.8) is 0 Å². The second-order valence-electron chi connectivity index (χ2n) is 5.76. The highest BCUT2D eigenvalue weighted by Crippen LogP contribution is 2.43. The first-order chi connectivity index (χ1) is 9.45. The number of hydrogen-bond donors (Lipinski definition) is 1. The van der Waals surface area contributed by atoms with E-state index in [1.165, 1.54) is 0 Å². The Labute approximate surface area is 131 Å². The maximum absolute atomic E-state index is 4.78. The van der Waals surface area contributed by atoms with Gasteiger partial charge in [0.05, 0.1) is 10.9 Å². The average molecular weight is 312 g/mol. The van der Waals surface area contributed by atoms with Crippen LogP contribution in [0.25, 0.3) is 0 Å². The van der Waals surface area contributed by atoms with Gasteiger partial charge in [0, 0.05) is 34.5 Å². The van der Waals surface area contributed by atoms with Gasteiger partial charge in [-0.05, 0) is 13.0 Å². The average Bonchev–Trinajstić information content (AvgIpc) is 2.39. The van der Waals surface area contributed by atoms with Gasteiger partial charge >= 0.3 is 0 Å². The Kier molecular flexibility index (Phi) is 5.75. The van der Waals surface area contributed by atoms with Crippen molar-refractivity contribution >= 4 is 23.5 Å². The Bertz CT molecular complexity index is 451. The fraction of sp³-hybridized carbons (Fsp3) is 0.733. The molecule has 0 saturated carbocycles. The molecule has 0 spiro atoms. The second-order valence-corrected chi connectivity index (χ2v) is 8.76. The zero-order valence-electron chi connectivity index (χ0n) is 13.0. The molecule has 1 aliphatic heterocycles. The largest absolute Gasteiger partial charge is 0.309 e. The Morgan fingerprint density at radius 3 is 2.70 bits per heavy atom. The zero-order chi connectivity index (χ0) is 14.7. The van der Waals surface area contributed by atoms with E-state index in [1.54, 1.807) is 0 Å². The van der Waals surface area contributed by atoms with Crippen LogP contribution in [0.4, 0.5) is 0 Å². The number of nitrogens with zero attached hydrogens (tertiary/aromatic N) is 2. The van der Waals surface area contributed by atoms with Crippen LogP contribution in [0.3, 0.4) is 0 Å². The molecule has 0 bridgehead atoms. The summed E-state index contributed by atoms with van der Waals surface area (Å²) in [6, 6.07) is 2.57. The fourth-order valence-corrected chi connectivity index (χ4v) is 4.96. The molecule has 3 unspecified atom stereocenters. The van der Waals surface area contributed by atoms with E-state index in [-0.39, 0.29) is 0 Å². The van der Waals surface area contributed by atoms with E-state index in [4.69, 9.17) is 4.98 Å². The number of thioether (sulfide) groups is 2. The van der Waals surface area contributed by atoms with Crippen LogP contribution in [-0.2, 0) is 6.54 Å². The van der Waals surface area contributed by atoms with Crippen molar-refractivity contribution in [2.75, 3.05) is 5.75 Å². The lowest BCUT2D eigenvalue weighted by atomic mass is 10.3. The third-order valence-electron chi connectivity index (χ3n) is 3.45. The molecule has 3 atom stereocenters. The zero-order valence-corrected chi connectivity index (χ0v) is 14.6. The van der Waals surface area contributed by atoms with Gasteiger partial charge in [0.15, 0.2) is 0 Å². The molecule has 5 heteroatoms. The molecule has 0 radical (unpaired) electrons. The van der Waals surface area contributed by atoms with Gasteiger partial charge in [-0.3, -0.25) is 0 Å². The molecular weight excluding hydrogens is 286 g/mol. The summed E-state index contributed by atoms with van der Waals surface area (Å²) in [5.74, 6) is 2.14. The van der Waals surface area contributed by atoms with Crippen molar-refractivity contribution in [3.8, 4) is 0 Å². The first kappa shape index (κ1) is 16.1. The quantitative estimate of drug-likeness (QED) is 0.920. The fourth-order valence-electron chi connectivity index (χ4n) is 2.12. The SMILES string of the molecule is Cc1cc(CNC(C)C)nc(C2CSC(C)C(C)S2)n1. The molecule has 2 heterocycles. The van der Waals surface area contributed by atoms with Gasteiger partial charge in [0.2, 0.25) is 0 Å². The van der Waals surface area contributed by atoms with Gasteiger partial charge in [-0.25, -0.2) is 9.97 Å². The third-order valence-corrected chi connectivity index (χ3v) is 6.84. The van der Waals surface area contributed by atoms with Gasteiger partial charge < -0.3 is 5.32 Å². The van der Waals surface area contributed by atoms with Gasteiger partial charge in [-0.1, -0.05) is 27.7 Å². The highest BCUT2D eigenvalue weighted by atomic mass is 32.2. The molecule has 0 amide bonds. The molecule has 1 aromatic heterocycles. The van der Waals surface area contributed by atoms with Crippen LogP contribution in [0, 0.1) is 6.92 Å². The molecule has 1 saturated heterocycles. The van der Waals surface area contributed by atoms with Crippen LogP contribution in [0.2, 0.25) is 0 Å². The van der Waals surface area contributed by atoms with Gasteiger partial charge in [-0.15, -0.1) is 11.8 Å². The van der Waals surface area contributed by atoms with Crippen molar-refractivity contribution in [2.24, 2.45) is 0 Å². The van der Waals surface area contributed by atoms with Crippen LogP contribution < -0.4 is 5.32 Å². The van der Waals surface area contributed by atoms with E-state index in [9.17, 15) is 0 Å². The van der Waals surface area contributed by atoms with E-state index < -0.39 is 0 Å². The van der Waals surface area contributed by atoms with Gasteiger partial charge in [0.25, 0.3) is 0 Å². The summed E-state index contributed by atoms with van der Waals surface area (Å²) >= 11 is 4.07. The van der Waals surface area contributed by atoms with Crippen molar-refractivity contribution in [1.82, 2.24) is 15.3 Å². The normalized spacial score (nSPS) is 27.0. The third kappa shape index (κ3) is 4.37. The molecule has 0 aliphatic carbocycles. The number of rotatable bonds is 4. The summed E-state index contributed by atoms with van der Waals surface area (Å²) in [5.41, 5.74) is 2.19. The van der Waals surface area contributed by atoms with E-state index in [1.807, 2.05) is 23.5 Å². The molecule has 20 heavy (non-hydrogen) atoms. The molecule has 1 aliphatic rings. The molecule has 3 nitrogen and oxygen atoms in total. The van der Waals surface area contributed by atoms with Crippen LogP contribution in [-0.4, -0.2) is 32.3 Å². The monoisotopic (exact) mass is 311 g/mol. The molecular formula is C15H25N3S2. The second kappa shape index (κ2) is 7.14. The maximum Gasteiger partial charge on any atom is 0.142 e. The molecule has 2 rings (SSSR count). The summed E-state index contributed by atoms with van der Waals surface area (Å²) in [5, 5.41) is 5.26. The van der Waals surface area contributed by atoms with E-state index in [0.717, 1.165) is 34.8 Å². The minimum atomic E-state index is 0.434. The molecule has 1 fully saturated rings. The highest BCUT2D eigenvalue weighted by molar-refractivity contribution is 8.07. The summed E-state index contributed by atoms with van der Waals surface area (Å²) in [4.78, 5) is 9.45. The smallest absolute Gasteiger partial charge is 0.142 e. The summed E-state index contributed by atoms with van der Waals surface area (Å²) < 4.78 is 0. The Balaban J connectivity index is 2.11. The van der Waals surface area contributed by atoms with E-state index >= 15 is 0 Å². The topological polar surface area (TPSA) is 37.8 Å². The Morgan fingerprint density at radius 1 is 1.30 bits per heavy atom. The number of aryl methyl sites for hydroxylation is 1. The summed E-state index contributed by atoms with van der Waals surface area (Å²) in [6.45, 7) is 11.8. The lowest BCUT2D eigenvalue weighted by Crippen LogP contribution is -2.25. The number of aromatic nitrogens is 2. The molecule has 112 valence electrons. The standard InChI is InChI=1S/C15H25N3S2/c1-9(2)16-7-13-6-10(3)17-15(18-13)14-8-19-11(4)12(5)20-14/h6,9,11-12,14,16H,7-8H2,1-5H3. The van der Waals surface area contributed by atoms with Crippen molar-refractivity contribution in [3.05, 3.63) is 23.3 Å². The summed E-state index contributed by atoms with van der Waals surface area (Å²) in [6.07, 6.45) is 0. The Hall–Kier alpha value is -0.260. The Morgan fingerprint density at radius 2 is 2.05 bits per heavy atom. The predicted octanol–water partition coefficient (Wildman–Crippen LogP) is 3.58. The first-order valence-electron chi connectivity index (χ1n) is 7.30. The van der Waals surface area contributed by atoms with Crippen molar-refractivity contribution in [2.45, 2.75) is 63.0 Å². The molecule has 1 N–H and O–H groups in total. The van der Waals surface area contributed by atoms with Crippen LogP contribution >= 0.6 is 23.5 Å². The lowest BCUT2D eigenvalue weighted by Gasteiger charge is -2.30. The maximum atomic E-state index is 4.78. The van der Waals surface area contributed by atoms with Gasteiger partial charge in [-0.2, -0.15) is 11.8 Å². The van der Waals surface area contributed by atoms with Crippen molar-refractivity contribution < 1.29 is 0 Å². The highest BCUT2D eigenvalue weighted by Gasteiger charge is 2.28. The van der Waals surface area contributed by atoms with Crippen LogP contribution in [0.5, 0.6) is 0 Å². The van der Waals surface area contributed by atoms with E-state index in [2.05, 4.69) is 51.0 Å². The first-order valence-corrected chi connectivity index (χ1v) is 9.29. The van der Waals surface area contributed by atoms with Gasteiger partial charge in [0.1, 0.15) is 5.82 Å². The summed E-state index contributed by atoms with van der Waals surface area (Å²) in [7, 11) is 0. The molecule has 1 aromatic rings. The van der Waals surface area contributed by atoms with Crippen molar-refractivity contribution in [1.29, 1.82) is 0 Å². The number of hydrogen-bond acceptors (Lipinski definition) is 5.